The molecule has 2 aromatic rings. The summed E-state index contributed by atoms with van der Waals surface area (Å²) < 4.78 is 19.3. The van der Waals surface area contributed by atoms with Gasteiger partial charge in [-0.2, -0.15) is 5.26 Å². The smallest absolute Gasteiger partial charge is 0.129 e. The van der Waals surface area contributed by atoms with Crippen LogP contribution in [0.5, 0.6) is 5.75 Å². The van der Waals surface area contributed by atoms with Gasteiger partial charge >= 0.3 is 0 Å². The van der Waals surface area contributed by atoms with Crippen molar-refractivity contribution in [3.63, 3.8) is 0 Å². The summed E-state index contributed by atoms with van der Waals surface area (Å²) in [4.78, 5) is 0. The van der Waals surface area contributed by atoms with Gasteiger partial charge in [0.1, 0.15) is 18.2 Å². The van der Waals surface area contributed by atoms with Gasteiger partial charge in [0.2, 0.25) is 0 Å². The lowest BCUT2D eigenvalue weighted by molar-refractivity contribution is 0.296. The van der Waals surface area contributed by atoms with Crippen LogP contribution >= 0.6 is 11.6 Å². The molecule has 2 N–H and O–H groups in total. The highest BCUT2D eigenvalue weighted by atomic mass is 35.5. The number of hydrogen-bond donors (Lipinski definition) is 1. The van der Waals surface area contributed by atoms with Crippen molar-refractivity contribution >= 4 is 11.6 Å². The lowest BCUT2D eigenvalue weighted by Gasteiger charge is -2.12. The standard InChI is InChI=1S/C16H14ClFN2O/c17-14-2-4-16(12(8-14)5-6-19)21-10-13-7-11(9-20)1-3-15(13)18/h1-4,7-8H,5-6,10,19H2. The van der Waals surface area contributed by atoms with Crippen LogP contribution < -0.4 is 10.5 Å². The minimum atomic E-state index is -0.400. The van der Waals surface area contributed by atoms with Crippen LogP contribution in [0.4, 0.5) is 4.39 Å². The van der Waals surface area contributed by atoms with Crippen molar-refractivity contribution < 1.29 is 9.13 Å². The van der Waals surface area contributed by atoms with Crippen LogP contribution in [0.2, 0.25) is 5.02 Å². The van der Waals surface area contributed by atoms with Crippen molar-refractivity contribution in [3.05, 3.63) is 63.9 Å². The molecule has 2 aromatic carbocycles. The molecular weight excluding hydrogens is 291 g/mol. The molecule has 2 rings (SSSR count). The van der Waals surface area contributed by atoms with E-state index in [4.69, 9.17) is 27.3 Å². The molecule has 0 aromatic heterocycles. The number of halogens is 2. The summed E-state index contributed by atoms with van der Waals surface area (Å²) in [5.74, 6) is 0.218. The van der Waals surface area contributed by atoms with Crippen LogP contribution in [0.25, 0.3) is 0 Å². The Morgan fingerprint density at radius 3 is 2.71 bits per heavy atom. The maximum atomic E-state index is 13.7. The van der Waals surface area contributed by atoms with Gasteiger partial charge in [0.15, 0.2) is 0 Å². The Morgan fingerprint density at radius 2 is 2.00 bits per heavy atom. The fourth-order valence-electron chi connectivity index (χ4n) is 1.95. The van der Waals surface area contributed by atoms with Crippen molar-refractivity contribution in [2.45, 2.75) is 13.0 Å². The van der Waals surface area contributed by atoms with Crippen LogP contribution in [0.1, 0.15) is 16.7 Å². The minimum absolute atomic E-state index is 0.0422. The molecule has 0 aliphatic rings. The van der Waals surface area contributed by atoms with Gasteiger partial charge in [0.05, 0.1) is 11.6 Å². The molecule has 0 aliphatic carbocycles. The number of nitrogens with two attached hydrogens (primary N) is 1. The maximum absolute atomic E-state index is 13.7. The van der Waals surface area contributed by atoms with E-state index in [1.54, 1.807) is 18.2 Å². The lowest BCUT2D eigenvalue weighted by Crippen LogP contribution is -2.06. The SMILES string of the molecule is N#Cc1ccc(F)c(COc2ccc(Cl)cc2CCN)c1. The summed E-state index contributed by atoms with van der Waals surface area (Å²) in [6.45, 7) is 0.509. The molecule has 0 atom stereocenters. The fraction of sp³-hybridized carbons (Fsp3) is 0.188. The van der Waals surface area contributed by atoms with Gasteiger partial charge in [-0.15, -0.1) is 0 Å². The van der Waals surface area contributed by atoms with Gasteiger partial charge in [-0.05, 0) is 54.9 Å². The first kappa shape index (κ1) is 15.3. The number of hydrogen-bond acceptors (Lipinski definition) is 3. The first-order chi connectivity index (χ1) is 10.1. The van der Waals surface area contributed by atoms with E-state index in [9.17, 15) is 4.39 Å². The van der Waals surface area contributed by atoms with E-state index in [1.807, 2.05) is 6.07 Å². The van der Waals surface area contributed by atoms with E-state index in [-0.39, 0.29) is 6.61 Å². The Hall–Kier alpha value is -2.09. The number of ether oxygens (including phenoxy) is 1. The predicted octanol–water partition coefficient (Wildman–Crippen LogP) is 3.43. The molecule has 108 valence electrons. The van der Waals surface area contributed by atoms with Gasteiger partial charge in [-0.3, -0.25) is 0 Å². The largest absolute Gasteiger partial charge is 0.489 e. The van der Waals surface area contributed by atoms with Crippen LogP contribution in [-0.4, -0.2) is 6.54 Å². The second kappa shape index (κ2) is 7.07. The topological polar surface area (TPSA) is 59.0 Å². The molecule has 0 unspecified atom stereocenters. The minimum Gasteiger partial charge on any atom is -0.489 e. The fourth-order valence-corrected chi connectivity index (χ4v) is 2.14. The molecule has 0 saturated heterocycles. The van der Waals surface area contributed by atoms with Gasteiger partial charge in [-0.1, -0.05) is 11.6 Å². The number of nitriles is 1. The third-order valence-electron chi connectivity index (χ3n) is 2.99. The van der Waals surface area contributed by atoms with Crippen LogP contribution in [-0.2, 0) is 13.0 Å². The zero-order valence-electron chi connectivity index (χ0n) is 11.3. The van der Waals surface area contributed by atoms with Gasteiger partial charge in [-0.25, -0.2) is 4.39 Å². The number of rotatable bonds is 5. The van der Waals surface area contributed by atoms with E-state index >= 15 is 0 Å². The average Bonchev–Trinajstić information content (AvgIpc) is 2.48. The summed E-state index contributed by atoms with van der Waals surface area (Å²) in [6, 6.07) is 11.4. The Labute approximate surface area is 127 Å². The highest BCUT2D eigenvalue weighted by Crippen LogP contribution is 2.24. The maximum Gasteiger partial charge on any atom is 0.129 e. The molecule has 0 aliphatic heterocycles. The van der Waals surface area contributed by atoms with Crippen LogP contribution in [0.15, 0.2) is 36.4 Å². The highest BCUT2D eigenvalue weighted by Gasteiger charge is 2.08. The molecule has 0 fully saturated rings. The van der Waals surface area contributed by atoms with Crippen molar-refractivity contribution in [2.75, 3.05) is 6.54 Å². The summed E-state index contributed by atoms with van der Waals surface area (Å²) in [5.41, 5.74) is 7.16. The Kier molecular flexibility index (Phi) is 5.15. The zero-order chi connectivity index (χ0) is 15.2. The third-order valence-corrected chi connectivity index (χ3v) is 3.23. The molecular formula is C16H14ClFN2O. The first-order valence-corrected chi connectivity index (χ1v) is 6.81. The normalized spacial score (nSPS) is 10.2. The van der Waals surface area contributed by atoms with Gasteiger partial charge in [0.25, 0.3) is 0 Å². The molecule has 3 nitrogen and oxygen atoms in total. The van der Waals surface area contributed by atoms with Gasteiger partial charge in [0, 0.05) is 10.6 Å². The zero-order valence-corrected chi connectivity index (χ0v) is 12.0. The summed E-state index contributed by atoms with van der Waals surface area (Å²) in [6.07, 6.45) is 0.622. The molecule has 0 heterocycles. The second-order valence-corrected chi connectivity index (χ2v) is 4.93. The van der Waals surface area contributed by atoms with E-state index < -0.39 is 5.82 Å². The molecule has 5 heteroatoms. The molecule has 0 bridgehead atoms. The van der Waals surface area contributed by atoms with E-state index in [0.29, 0.717) is 34.9 Å². The highest BCUT2D eigenvalue weighted by molar-refractivity contribution is 6.30. The third kappa shape index (κ3) is 3.94. The number of benzene rings is 2. The Balaban J connectivity index is 2.18. The Morgan fingerprint density at radius 1 is 1.19 bits per heavy atom. The monoisotopic (exact) mass is 304 g/mol. The molecule has 0 saturated carbocycles. The van der Waals surface area contributed by atoms with E-state index in [2.05, 4.69) is 0 Å². The lowest BCUT2D eigenvalue weighted by atomic mass is 10.1. The van der Waals surface area contributed by atoms with E-state index in [1.165, 1.54) is 18.2 Å². The molecule has 21 heavy (non-hydrogen) atoms. The number of nitrogens with zero attached hydrogens (tertiary/aromatic N) is 1. The predicted molar refractivity (Wildman–Crippen MR) is 79.7 cm³/mol. The molecule has 0 radical (unpaired) electrons. The van der Waals surface area contributed by atoms with Gasteiger partial charge < -0.3 is 10.5 Å². The van der Waals surface area contributed by atoms with Crippen molar-refractivity contribution in [1.82, 2.24) is 0 Å². The second-order valence-electron chi connectivity index (χ2n) is 4.50. The summed E-state index contributed by atoms with van der Waals surface area (Å²) in [5, 5.41) is 9.44. The van der Waals surface area contributed by atoms with Crippen molar-refractivity contribution in [2.24, 2.45) is 5.73 Å². The molecule has 0 spiro atoms. The Bertz CT molecular complexity index is 682. The average molecular weight is 305 g/mol. The first-order valence-electron chi connectivity index (χ1n) is 6.44. The van der Waals surface area contributed by atoms with E-state index in [0.717, 1.165) is 5.56 Å². The summed E-state index contributed by atoms with van der Waals surface area (Å²) in [7, 11) is 0. The van der Waals surface area contributed by atoms with Crippen molar-refractivity contribution in [1.29, 1.82) is 5.26 Å². The quantitative estimate of drug-likeness (QED) is 0.920. The van der Waals surface area contributed by atoms with Crippen molar-refractivity contribution in [3.8, 4) is 11.8 Å². The van der Waals surface area contributed by atoms with Crippen LogP contribution in [0.3, 0.4) is 0 Å². The van der Waals surface area contributed by atoms with Crippen LogP contribution in [0, 0.1) is 17.1 Å². The summed E-state index contributed by atoms with van der Waals surface area (Å²) >= 11 is 5.94. The molecule has 0 amide bonds.